The topological polar surface area (TPSA) is 66.5 Å². The van der Waals surface area contributed by atoms with Crippen molar-refractivity contribution in [3.05, 3.63) is 100 Å². The van der Waals surface area contributed by atoms with E-state index in [1.165, 1.54) is 4.31 Å². The summed E-state index contributed by atoms with van der Waals surface area (Å²) in [6.45, 7) is 4.00. The van der Waals surface area contributed by atoms with E-state index in [1.807, 2.05) is 61.5 Å². The van der Waals surface area contributed by atoms with Gasteiger partial charge >= 0.3 is 0 Å². The number of rotatable bonds is 9. The van der Waals surface area contributed by atoms with Crippen molar-refractivity contribution in [3.63, 3.8) is 0 Å². The molecule has 0 unspecified atom stereocenters. The van der Waals surface area contributed by atoms with Gasteiger partial charge in [0.05, 0.1) is 18.0 Å². The van der Waals surface area contributed by atoms with E-state index in [9.17, 15) is 13.2 Å². The number of hydrogen-bond donors (Lipinski definition) is 1. The second kappa shape index (κ2) is 10.9. The molecular weight excluding hydrogens is 456 g/mol. The summed E-state index contributed by atoms with van der Waals surface area (Å²) in [6.07, 6.45) is 1.73. The standard InChI is InChI=1S/C26H29ClN2O3S/c1-19-11-7-8-14-22(19)26(21-12-5-4-6-13-21)28-25(30)17-10-18-29(33(3,31)32)24-16-9-15-23(27)20(24)2/h4-9,11-16,26H,10,17-18H2,1-3H3,(H,28,30)/t26-/m1/s1. The molecule has 0 fully saturated rings. The van der Waals surface area contributed by atoms with Gasteiger partial charge in [0.15, 0.2) is 0 Å². The van der Waals surface area contributed by atoms with Crippen LogP contribution in [0, 0.1) is 13.8 Å². The van der Waals surface area contributed by atoms with Gasteiger partial charge in [0, 0.05) is 18.0 Å². The number of aryl methyl sites for hydroxylation is 1. The maximum atomic E-state index is 12.9. The Bertz CT molecular complexity index is 1210. The van der Waals surface area contributed by atoms with Crippen molar-refractivity contribution < 1.29 is 13.2 Å². The number of sulfonamides is 1. The Morgan fingerprint density at radius 1 is 0.970 bits per heavy atom. The molecule has 3 aromatic rings. The Kier molecular flexibility index (Phi) is 8.16. The predicted molar refractivity (Wildman–Crippen MR) is 135 cm³/mol. The molecule has 3 rings (SSSR count). The van der Waals surface area contributed by atoms with Crippen LogP contribution in [-0.2, 0) is 14.8 Å². The molecule has 0 aliphatic heterocycles. The zero-order chi connectivity index (χ0) is 24.0. The predicted octanol–water partition coefficient (Wildman–Crippen LogP) is 5.41. The fourth-order valence-corrected chi connectivity index (χ4v) is 5.03. The van der Waals surface area contributed by atoms with Gasteiger partial charge in [-0.1, -0.05) is 72.3 Å². The number of benzene rings is 3. The summed E-state index contributed by atoms with van der Waals surface area (Å²) >= 11 is 6.19. The third-order valence-corrected chi connectivity index (χ3v) is 7.20. The Labute approximate surface area is 201 Å². The van der Waals surface area contributed by atoms with Crippen molar-refractivity contribution in [1.82, 2.24) is 5.32 Å². The summed E-state index contributed by atoms with van der Waals surface area (Å²) in [4.78, 5) is 12.9. The molecule has 0 radical (unpaired) electrons. The van der Waals surface area contributed by atoms with Gasteiger partial charge < -0.3 is 5.32 Å². The number of amides is 1. The first kappa shape index (κ1) is 24.8. The Morgan fingerprint density at radius 3 is 2.30 bits per heavy atom. The van der Waals surface area contributed by atoms with Gasteiger partial charge in [-0.2, -0.15) is 0 Å². The summed E-state index contributed by atoms with van der Waals surface area (Å²) in [5.41, 5.74) is 4.34. The highest BCUT2D eigenvalue weighted by atomic mass is 35.5. The molecule has 174 valence electrons. The molecule has 5 nitrogen and oxygen atoms in total. The third-order valence-electron chi connectivity index (χ3n) is 5.61. The minimum atomic E-state index is -3.53. The quantitative estimate of drug-likeness (QED) is 0.441. The van der Waals surface area contributed by atoms with E-state index in [4.69, 9.17) is 11.6 Å². The molecular formula is C26H29ClN2O3S. The molecule has 0 heterocycles. The maximum Gasteiger partial charge on any atom is 0.232 e. The number of nitrogens with zero attached hydrogens (tertiary/aromatic N) is 1. The highest BCUT2D eigenvalue weighted by Crippen LogP contribution is 2.29. The van der Waals surface area contributed by atoms with E-state index in [1.54, 1.807) is 25.1 Å². The minimum Gasteiger partial charge on any atom is -0.345 e. The Hall–Kier alpha value is -2.83. The average Bonchev–Trinajstić information content (AvgIpc) is 2.78. The SMILES string of the molecule is Cc1ccccc1[C@H](NC(=O)CCCN(c1cccc(Cl)c1C)S(C)(=O)=O)c1ccccc1. The highest BCUT2D eigenvalue weighted by Gasteiger charge is 2.22. The van der Waals surface area contributed by atoms with Crippen LogP contribution in [0.25, 0.3) is 0 Å². The molecule has 0 bridgehead atoms. The molecule has 0 saturated heterocycles. The average molecular weight is 485 g/mol. The molecule has 3 aromatic carbocycles. The lowest BCUT2D eigenvalue weighted by Gasteiger charge is -2.25. The molecule has 0 aromatic heterocycles. The molecule has 7 heteroatoms. The molecule has 33 heavy (non-hydrogen) atoms. The van der Waals surface area contributed by atoms with Crippen molar-refractivity contribution in [2.45, 2.75) is 32.7 Å². The first-order valence-corrected chi connectivity index (χ1v) is 13.0. The van der Waals surface area contributed by atoms with E-state index in [0.717, 1.165) is 22.9 Å². The molecule has 1 N–H and O–H groups in total. The molecule has 0 aliphatic rings. The van der Waals surface area contributed by atoms with Crippen molar-refractivity contribution >= 4 is 33.2 Å². The van der Waals surface area contributed by atoms with Crippen molar-refractivity contribution in [3.8, 4) is 0 Å². The van der Waals surface area contributed by atoms with Crippen LogP contribution < -0.4 is 9.62 Å². The van der Waals surface area contributed by atoms with E-state index >= 15 is 0 Å². The zero-order valence-electron chi connectivity index (χ0n) is 19.1. The van der Waals surface area contributed by atoms with Gasteiger partial charge in [0.25, 0.3) is 0 Å². The van der Waals surface area contributed by atoms with Crippen LogP contribution in [0.4, 0.5) is 5.69 Å². The van der Waals surface area contributed by atoms with Crippen LogP contribution in [0.5, 0.6) is 0 Å². The van der Waals surface area contributed by atoms with Gasteiger partial charge in [-0.05, 0) is 54.7 Å². The van der Waals surface area contributed by atoms with E-state index in [2.05, 4.69) is 5.32 Å². The normalized spacial score (nSPS) is 12.2. The smallest absolute Gasteiger partial charge is 0.232 e. The number of halogens is 1. The van der Waals surface area contributed by atoms with Gasteiger partial charge in [-0.25, -0.2) is 8.42 Å². The first-order valence-electron chi connectivity index (χ1n) is 10.8. The molecule has 1 atom stereocenters. The van der Waals surface area contributed by atoms with Crippen LogP contribution >= 0.6 is 11.6 Å². The fraction of sp³-hybridized carbons (Fsp3) is 0.269. The Balaban J connectivity index is 1.73. The lowest BCUT2D eigenvalue weighted by Crippen LogP contribution is -2.33. The first-order chi connectivity index (χ1) is 15.7. The molecule has 0 saturated carbocycles. The van der Waals surface area contributed by atoms with Crippen LogP contribution in [0.3, 0.4) is 0 Å². The maximum absolute atomic E-state index is 12.9. The van der Waals surface area contributed by atoms with Crippen molar-refractivity contribution in [1.29, 1.82) is 0 Å². The lowest BCUT2D eigenvalue weighted by atomic mass is 9.95. The number of carbonyl (C=O) groups excluding carboxylic acids is 1. The van der Waals surface area contributed by atoms with Gasteiger partial charge in [-0.15, -0.1) is 0 Å². The largest absolute Gasteiger partial charge is 0.345 e. The molecule has 0 spiro atoms. The van der Waals surface area contributed by atoms with Gasteiger partial charge in [-0.3, -0.25) is 9.10 Å². The van der Waals surface area contributed by atoms with E-state index < -0.39 is 10.0 Å². The Morgan fingerprint density at radius 2 is 1.64 bits per heavy atom. The van der Waals surface area contributed by atoms with E-state index in [-0.39, 0.29) is 24.9 Å². The van der Waals surface area contributed by atoms with Crippen molar-refractivity contribution in [2.75, 3.05) is 17.1 Å². The number of nitrogens with one attached hydrogen (secondary N) is 1. The van der Waals surface area contributed by atoms with Gasteiger partial charge in [0.1, 0.15) is 0 Å². The summed E-state index contributed by atoms with van der Waals surface area (Å²) in [5, 5.41) is 3.64. The second-order valence-corrected chi connectivity index (χ2v) is 10.4. The summed E-state index contributed by atoms with van der Waals surface area (Å²) in [7, 11) is -3.53. The summed E-state index contributed by atoms with van der Waals surface area (Å²) in [5.74, 6) is -0.136. The molecule has 0 aliphatic carbocycles. The van der Waals surface area contributed by atoms with Gasteiger partial charge in [0.2, 0.25) is 15.9 Å². The zero-order valence-corrected chi connectivity index (χ0v) is 20.7. The van der Waals surface area contributed by atoms with Crippen molar-refractivity contribution in [2.24, 2.45) is 0 Å². The summed E-state index contributed by atoms with van der Waals surface area (Å²) < 4.78 is 26.2. The van der Waals surface area contributed by atoms with E-state index in [0.29, 0.717) is 22.7 Å². The number of hydrogen-bond acceptors (Lipinski definition) is 3. The third kappa shape index (κ3) is 6.36. The van der Waals surface area contributed by atoms with Crippen LogP contribution in [-0.4, -0.2) is 27.1 Å². The number of anilines is 1. The highest BCUT2D eigenvalue weighted by molar-refractivity contribution is 7.92. The second-order valence-electron chi connectivity index (χ2n) is 8.09. The fourth-order valence-electron chi connectivity index (χ4n) is 3.84. The van der Waals surface area contributed by atoms with Crippen LogP contribution in [0.15, 0.2) is 72.8 Å². The monoisotopic (exact) mass is 484 g/mol. The number of carbonyl (C=O) groups is 1. The molecule has 1 amide bonds. The minimum absolute atomic E-state index is 0.136. The van der Waals surface area contributed by atoms with Crippen LogP contribution in [0.1, 0.15) is 41.1 Å². The summed E-state index contributed by atoms with van der Waals surface area (Å²) in [6, 6.07) is 22.7. The van der Waals surface area contributed by atoms with Crippen LogP contribution in [0.2, 0.25) is 5.02 Å². The lowest BCUT2D eigenvalue weighted by molar-refractivity contribution is -0.121.